The highest BCUT2D eigenvalue weighted by Gasteiger charge is 2.18. The van der Waals surface area contributed by atoms with E-state index in [4.69, 9.17) is 4.42 Å². The van der Waals surface area contributed by atoms with Gasteiger partial charge in [0.2, 0.25) is 0 Å². The number of fused-ring (bicyclic) bond motifs is 8. The van der Waals surface area contributed by atoms with Crippen LogP contribution >= 0.6 is 0 Å². The standard InChI is InChI=1S/C46H30N2O/c1-3-11-31(12-4-1)32-19-22-35(23-20-32)47(34-14-5-2-6-15-34)36-24-27-40-41-28-25-37(30-45(41)49-44(40)29-36)48-43-18-10-9-17-39(43)42-26-21-33-13-7-8-16-38(33)46(42)48/h1-30H. The second-order valence-corrected chi connectivity index (χ2v) is 12.6. The predicted molar refractivity (Wildman–Crippen MR) is 206 cm³/mol. The average Bonchev–Trinajstić information content (AvgIpc) is 3.71. The van der Waals surface area contributed by atoms with Gasteiger partial charge in [0.1, 0.15) is 11.2 Å². The zero-order valence-corrected chi connectivity index (χ0v) is 26.6. The summed E-state index contributed by atoms with van der Waals surface area (Å²) >= 11 is 0. The van der Waals surface area contributed by atoms with Crippen LogP contribution in [0.2, 0.25) is 0 Å². The Balaban J connectivity index is 1.12. The average molecular weight is 627 g/mol. The fraction of sp³-hybridized carbons (Fsp3) is 0. The number of nitrogens with zero attached hydrogens (tertiary/aromatic N) is 2. The molecule has 49 heavy (non-hydrogen) atoms. The molecule has 2 heterocycles. The van der Waals surface area contributed by atoms with Crippen molar-refractivity contribution >= 4 is 71.6 Å². The molecule has 2 aromatic heterocycles. The van der Waals surface area contributed by atoms with Gasteiger partial charge in [0.05, 0.1) is 11.0 Å². The summed E-state index contributed by atoms with van der Waals surface area (Å²) in [6, 6.07) is 64.8. The first-order chi connectivity index (χ1) is 24.3. The van der Waals surface area contributed by atoms with Crippen LogP contribution in [0, 0.1) is 0 Å². The van der Waals surface area contributed by atoms with Crippen molar-refractivity contribution in [1.29, 1.82) is 0 Å². The molecule has 0 N–H and O–H groups in total. The van der Waals surface area contributed by atoms with Crippen LogP contribution in [0.3, 0.4) is 0 Å². The van der Waals surface area contributed by atoms with E-state index in [1.54, 1.807) is 0 Å². The number of rotatable bonds is 5. The molecular weight excluding hydrogens is 597 g/mol. The van der Waals surface area contributed by atoms with Crippen molar-refractivity contribution in [1.82, 2.24) is 4.57 Å². The van der Waals surface area contributed by atoms with Gasteiger partial charge in [-0.25, -0.2) is 0 Å². The molecule has 0 bridgehead atoms. The van der Waals surface area contributed by atoms with E-state index >= 15 is 0 Å². The maximum absolute atomic E-state index is 6.70. The molecule has 0 saturated heterocycles. The van der Waals surface area contributed by atoms with Crippen LogP contribution in [-0.4, -0.2) is 4.57 Å². The lowest BCUT2D eigenvalue weighted by atomic mass is 10.0. The number of anilines is 3. The minimum absolute atomic E-state index is 0.860. The largest absolute Gasteiger partial charge is 0.456 e. The summed E-state index contributed by atoms with van der Waals surface area (Å²) in [7, 11) is 0. The van der Waals surface area contributed by atoms with Crippen LogP contribution in [0.25, 0.3) is 71.3 Å². The summed E-state index contributed by atoms with van der Waals surface area (Å²) in [5, 5.41) is 7.18. The highest BCUT2D eigenvalue weighted by atomic mass is 16.3. The molecule has 230 valence electrons. The van der Waals surface area contributed by atoms with Crippen molar-refractivity contribution < 1.29 is 4.42 Å². The van der Waals surface area contributed by atoms with Crippen LogP contribution in [0.5, 0.6) is 0 Å². The van der Waals surface area contributed by atoms with E-state index in [0.29, 0.717) is 0 Å². The molecular formula is C46H30N2O. The molecule has 0 aliphatic carbocycles. The molecule has 0 atom stereocenters. The van der Waals surface area contributed by atoms with E-state index in [2.05, 4.69) is 191 Å². The lowest BCUT2D eigenvalue weighted by Gasteiger charge is -2.25. The predicted octanol–water partition coefficient (Wildman–Crippen LogP) is 13.0. The Kier molecular flexibility index (Phi) is 6.18. The number of hydrogen-bond donors (Lipinski definition) is 0. The van der Waals surface area contributed by atoms with E-state index < -0.39 is 0 Å². The summed E-state index contributed by atoms with van der Waals surface area (Å²) in [4.78, 5) is 2.29. The van der Waals surface area contributed by atoms with E-state index in [1.807, 2.05) is 0 Å². The monoisotopic (exact) mass is 626 g/mol. The second kappa shape index (κ2) is 11.0. The molecule has 10 aromatic rings. The summed E-state index contributed by atoms with van der Waals surface area (Å²) in [6.45, 7) is 0. The lowest BCUT2D eigenvalue weighted by molar-refractivity contribution is 0.668. The highest BCUT2D eigenvalue weighted by molar-refractivity contribution is 6.19. The molecule has 10 rings (SSSR count). The van der Waals surface area contributed by atoms with E-state index in [0.717, 1.165) is 44.7 Å². The smallest absolute Gasteiger partial charge is 0.137 e. The van der Waals surface area contributed by atoms with Gasteiger partial charge in [0.15, 0.2) is 0 Å². The van der Waals surface area contributed by atoms with Gasteiger partial charge >= 0.3 is 0 Å². The maximum Gasteiger partial charge on any atom is 0.137 e. The lowest BCUT2D eigenvalue weighted by Crippen LogP contribution is -2.09. The van der Waals surface area contributed by atoms with Crippen molar-refractivity contribution in [2.75, 3.05) is 4.90 Å². The van der Waals surface area contributed by atoms with Gasteiger partial charge in [-0.2, -0.15) is 0 Å². The van der Waals surface area contributed by atoms with Crippen molar-refractivity contribution in [3.8, 4) is 16.8 Å². The topological polar surface area (TPSA) is 21.3 Å². The Morgan fingerprint density at radius 3 is 1.80 bits per heavy atom. The third-order valence-corrected chi connectivity index (χ3v) is 9.76. The zero-order chi connectivity index (χ0) is 32.3. The third kappa shape index (κ3) is 4.44. The van der Waals surface area contributed by atoms with Gasteiger partial charge in [-0.1, -0.05) is 115 Å². The molecule has 0 aliphatic heterocycles. The Labute approximate surface area is 283 Å². The first-order valence-corrected chi connectivity index (χ1v) is 16.7. The first-order valence-electron chi connectivity index (χ1n) is 16.7. The van der Waals surface area contributed by atoms with Crippen LogP contribution in [0.1, 0.15) is 0 Å². The zero-order valence-electron chi connectivity index (χ0n) is 26.6. The van der Waals surface area contributed by atoms with Crippen LogP contribution < -0.4 is 4.90 Å². The number of benzene rings is 8. The molecule has 3 heteroatoms. The van der Waals surface area contributed by atoms with Crippen molar-refractivity contribution in [3.63, 3.8) is 0 Å². The number of para-hydroxylation sites is 2. The Hall–Kier alpha value is -6.58. The first kappa shape index (κ1) is 27.5. The van der Waals surface area contributed by atoms with E-state index in [-0.39, 0.29) is 0 Å². The van der Waals surface area contributed by atoms with Gasteiger partial charge < -0.3 is 13.9 Å². The molecule has 0 unspecified atom stereocenters. The van der Waals surface area contributed by atoms with Crippen LogP contribution in [0.4, 0.5) is 17.1 Å². The minimum atomic E-state index is 0.860. The fourth-order valence-corrected chi connectivity index (χ4v) is 7.49. The van der Waals surface area contributed by atoms with Crippen molar-refractivity contribution in [2.24, 2.45) is 0 Å². The second-order valence-electron chi connectivity index (χ2n) is 12.6. The number of aromatic nitrogens is 1. The molecule has 0 radical (unpaired) electrons. The normalized spacial score (nSPS) is 11.7. The molecule has 0 fully saturated rings. The minimum Gasteiger partial charge on any atom is -0.456 e. The molecule has 3 nitrogen and oxygen atoms in total. The summed E-state index contributed by atoms with van der Waals surface area (Å²) in [5.74, 6) is 0. The van der Waals surface area contributed by atoms with Crippen molar-refractivity contribution in [2.45, 2.75) is 0 Å². The Bertz CT molecular complexity index is 2810. The van der Waals surface area contributed by atoms with Crippen molar-refractivity contribution in [3.05, 3.63) is 182 Å². The SMILES string of the molecule is c1ccc(-c2ccc(N(c3ccccc3)c3ccc4c(c3)oc3cc(-n5c6ccccc6c6ccc7ccccc7c65)ccc34)cc2)cc1. The highest BCUT2D eigenvalue weighted by Crippen LogP contribution is 2.41. The number of hydrogen-bond acceptors (Lipinski definition) is 2. The summed E-state index contributed by atoms with van der Waals surface area (Å²) < 4.78 is 9.09. The summed E-state index contributed by atoms with van der Waals surface area (Å²) in [6.07, 6.45) is 0. The van der Waals surface area contributed by atoms with Gasteiger partial charge in [-0.3, -0.25) is 0 Å². The van der Waals surface area contributed by atoms with Gasteiger partial charge in [0, 0.05) is 61.8 Å². The molecule has 8 aromatic carbocycles. The quantitative estimate of drug-likeness (QED) is 0.190. The van der Waals surface area contributed by atoms with E-state index in [1.165, 1.54) is 43.7 Å². The van der Waals surface area contributed by atoms with E-state index in [9.17, 15) is 0 Å². The van der Waals surface area contributed by atoms with Crippen LogP contribution in [-0.2, 0) is 0 Å². The molecule has 0 spiro atoms. The Morgan fingerprint density at radius 1 is 0.388 bits per heavy atom. The molecule has 0 aliphatic rings. The molecule has 0 amide bonds. The van der Waals surface area contributed by atoms with Gasteiger partial charge in [-0.05, 0) is 71.1 Å². The summed E-state index contributed by atoms with van der Waals surface area (Å²) in [5.41, 5.74) is 10.8. The molecule has 0 saturated carbocycles. The van der Waals surface area contributed by atoms with Gasteiger partial charge in [0.25, 0.3) is 0 Å². The van der Waals surface area contributed by atoms with Crippen LogP contribution in [0.15, 0.2) is 186 Å². The third-order valence-electron chi connectivity index (χ3n) is 9.76. The Morgan fingerprint density at radius 2 is 0.980 bits per heavy atom. The van der Waals surface area contributed by atoms with Gasteiger partial charge in [-0.15, -0.1) is 0 Å². The maximum atomic E-state index is 6.70. The fourth-order valence-electron chi connectivity index (χ4n) is 7.49. The number of furan rings is 1.